The average Bonchev–Trinajstić information content (AvgIpc) is 2.58. The van der Waals surface area contributed by atoms with Crippen LogP contribution in [0.5, 0.6) is 5.75 Å². The first-order valence-electron chi connectivity index (χ1n) is 8.63. The lowest BCUT2D eigenvalue weighted by molar-refractivity contribution is -0.153. The van der Waals surface area contributed by atoms with Crippen LogP contribution in [0.1, 0.15) is 24.5 Å². The number of carbonyl (C=O) groups excluding carboxylic acids is 1. The molecular formula is C18H28F3IN4O2. The third-order valence-corrected chi connectivity index (χ3v) is 3.50. The van der Waals surface area contributed by atoms with Crippen molar-refractivity contribution in [1.82, 2.24) is 15.5 Å². The van der Waals surface area contributed by atoms with Crippen molar-refractivity contribution in [2.75, 3.05) is 33.8 Å². The van der Waals surface area contributed by atoms with E-state index in [9.17, 15) is 18.0 Å². The maximum atomic E-state index is 12.4. The van der Waals surface area contributed by atoms with Crippen LogP contribution in [0.2, 0.25) is 0 Å². The Balaban J connectivity index is 0.00000729. The molecule has 0 heterocycles. The lowest BCUT2D eigenvalue weighted by atomic mass is 10.1. The molecule has 0 unspecified atom stereocenters. The number of rotatable bonds is 8. The molecule has 0 atom stereocenters. The number of aryl methyl sites for hydroxylation is 1. The van der Waals surface area contributed by atoms with Gasteiger partial charge >= 0.3 is 6.18 Å². The predicted octanol–water partition coefficient (Wildman–Crippen LogP) is 3.09. The van der Waals surface area contributed by atoms with Gasteiger partial charge in [-0.2, -0.15) is 13.2 Å². The first kappa shape index (κ1) is 26.3. The van der Waals surface area contributed by atoms with Gasteiger partial charge < -0.3 is 20.3 Å². The molecule has 0 aromatic heterocycles. The Morgan fingerprint density at radius 1 is 1.25 bits per heavy atom. The second kappa shape index (κ2) is 12.7. The molecule has 1 amide bonds. The van der Waals surface area contributed by atoms with Gasteiger partial charge in [-0.15, -0.1) is 24.0 Å². The number of amides is 1. The van der Waals surface area contributed by atoms with Crippen LogP contribution < -0.4 is 15.4 Å². The summed E-state index contributed by atoms with van der Waals surface area (Å²) in [4.78, 5) is 17.5. The van der Waals surface area contributed by atoms with Crippen LogP contribution in [0, 0.1) is 6.92 Å². The number of halogens is 4. The van der Waals surface area contributed by atoms with E-state index in [1.807, 2.05) is 6.92 Å². The zero-order valence-corrected chi connectivity index (χ0v) is 18.9. The van der Waals surface area contributed by atoms with Crippen LogP contribution in [0.25, 0.3) is 0 Å². The van der Waals surface area contributed by atoms with Crippen LogP contribution in [-0.2, 0) is 11.3 Å². The summed E-state index contributed by atoms with van der Waals surface area (Å²) in [6, 6.07) is 5.05. The van der Waals surface area contributed by atoms with Crippen LogP contribution in [0.15, 0.2) is 23.2 Å². The fourth-order valence-corrected chi connectivity index (χ4v) is 2.10. The largest absolute Gasteiger partial charge is 0.484 e. The minimum absolute atomic E-state index is 0. The molecule has 0 aliphatic carbocycles. The van der Waals surface area contributed by atoms with Gasteiger partial charge in [0.15, 0.2) is 12.6 Å². The fraction of sp³-hybridized carbons (Fsp3) is 0.556. The van der Waals surface area contributed by atoms with Crippen molar-refractivity contribution in [2.24, 2.45) is 4.99 Å². The topological polar surface area (TPSA) is 66.0 Å². The number of nitrogens with one attached hydrogen (secondary N) is 2. The number of ether oxygens (including phenoxy) is 1. The summed E-state index contributed by atoms with van der Waals surface area (Å²) >= 11 is 0. The van der Waals surface area contributed by atoms with E-state index in [1.165, 1.54) is 4.90 Å². The molecular weight excluding hydrogens is 488 g/mol. The van der Waals surface area contributed by atoms with Crippen molar-refractivity contribution in [2.45, 2.75) is 33.0 Å². The minimum atomic E-state index is -4.40. The number of carbonyl (C=O) groups is 1. The third kappa shape index (κ3) is 10.6. The molecule has 0 aliphatic heterocycles. The molecule has 0 aliphatic rings. The Kier molecular flexibility index (Phi) is 11.9. The Morgan fingerprint density at radius 3 is 2.50 bits per heavy atom. The Morgan fingerprint density at radius 2 is 1.93 bits per heavy atom. The van der Waals surface area contributed by atoms with Crippen LogP contribution in [0.3, 0.4) is 0 Å². The maximum Gasteiger partial charge on any atom is 0.422 e. The number of hydrogen-bond acceptors (Lipinski definition) is 3. The molecule has 28 heavy (non-hydrogen) atoms. The summed E-state index contributed by atoms with van der Waals surface area (Å²) in [6.07, 6.45) is -4.10. The number of guanidine groups is 1. The molecule has 0 spiro atoms. The van der Waals surface area contributed by atoms with Crippen LogP contribution >= 0.6 is 24.0 Å². The second-order valence-electron chi connectivity index (χ2n) is 6.18. The van der Waals surface area contributed by atoms with Gasteiger partial charge in [0, 0.05) is 39.2 Å². The van der Waals surface area contributed by atoms with E-state index in [4.69, 9.17) is 4.74 Å². The van der Waals surface area contributed by atoms with Gasteiger partial charge in [-0.05, 0) is 25.5 Å². The Bertz CT molecular complexity index is 652. The van der Waals surface area contributed by atoms with Crippen molar-refractivity contribution in [3.8, 4) is 5.75 Å². The molecule has 0 saturated heterocycles. The van der Waals surface area contributed by atoms with E-state index in [0.717, 1.165) is 5.56 Å². The number of aliphatic imine (C=N–C) groups is 1. The van der Waals surface area contributed by atoms with Gasteiger partial charge in [0.05, 0.1) is 6.54 Å². The lowest BCUT2D eigenvalue weighted by Gasteiger charge is -2.15. The van der Waals surface area contributed by atoms with Crippen molar-refractivity contribution in [3.63, 3.8) is 0 Å². The summed E-state index contributed by atoms with van der Waals surface area (Å²) in [5, 5.41) is 6.07. The highest BCUT2D eigenvalue weighted by molar-refractivity contribution is 14.0. The van der Waals surface area contributed by atoms with Gasteiger partial charge in [0.25, 0.3) is 0 Å². The van der Waals surface area contributed by atoms with E-state index in [-0.39, 0.29) is 42.2 Å². The molecule has 2 N–H and O–H groups in total. The van der Waals surface area contributed by atoms with Gasteiger partial charge in [-0.1, -0.05) is 12.1 Å². The van der Waals surface area contributed by atoms with E-state index >= 15 is 0 Å². The normalized spacial score (nSPS) is 11.5. The van der Waals surface area contributed by atoms with Crippen molar-refractivity contribution in [3.05, 3.63) is 29.3 Å². The number of nitrogens with zero attached hydrogens (tertiary/aromatic N) is 2. The van der Waals surface area contributed by atoms with Crippen LogP contribution in [0.4, 0.5) is 13.2 Å². The van der Waals surface area contributed by atoms with E-state index < -0.39 is 12.8 Å². The highest BCUT2D eigenvalue weighted by Gasteiger charge is 2.28. The smallest absolute Gasteiger partial charge is 0.422 e. The minimum Gasteiger partial charge on any atom is -0.484 e. The third-order valence-electron chi connectivity index (χ3n) is 3.50. The summed E-state index contributed by atoms with van der Waals surface area (Å²) in [5.74, 6) is 0.626. The van der Waals surface area contributed by atoms with Crippen LogP contribution in [-0.4, -0.2) is 56.7 Å². The lowest BCUT2D eigenvalue weighted by Crippen LogP contribution is -2.39. The van der Waals surface area contributed by atoms with Crippen molar-refractivity contribution in [1.29, 1.82) is 0 Å². The molecule has 0 radical (unpaired) electrons. The zero-order valence-electron chi connectivity index (χ0n) is 16.5. The quantitative estimate of drug-likeness (QED) is 0.317. The van der Waals surface area contributed by atoms with Gasteiger partial charge in [0.1, 0.15) is 5.75 Å². The van der Waals surface area contributed by atoms with E-state index in [2.05, 4.69) is 15.6 Å². The number of alkyl halides is 3. The first-order chi connectivity index (χ1) is 12.6. The molecule has 10 heteroatoms. The average molecular weight is 516 g/mol. The molecule has 6 nitrogen and oxygen atoms in total. The Hall–Kier alpha value is -1.72. The van der Waals surface area contributed by atoms with E-state index in [0.29, 0.717) is 31.0 Å². The second-order valence-corrected chi connectivity index (χ2v) is 6.18. The zero-order chi connectivity index (χ0) is 20.4. The number of benzene rings is 1. The predicted molar refractivity (Wildman–Crippen MR) is 114 cm³/mol. The molecule has 0 saturated carbocycles. The molecule has 1 aromatic carbocycles. The highest BCUT2D eigenvalue weighted by Crippen LogP contribution is 2.24. The van der Waals surface area contributed by atoms with Gasteiger partial charge in [-0.25, -0.2) is 4.99 Å². The molecule has 1 aromatic rings. The maximum absolute atomic E-state index is 12.4. The highest BCUT2D eigenvalue weighted by atomic mass is 127. The van der Waals surface area contributed by atoms with Gasteiger partial charge in [0.2, 0.25) is 5.91 Å². The summed E-state index contributed by atoms with van der Waals surface area (Å²) in [6.45, 7) is 3.47. The molecule has 1 rings (SSSR count). The van der Waals surface area contributed by atoms with Crippen molar-refractivity contribution < 1.29 is 22.7 Å². The summed E-state index contributed by atoms with van der Waals surface area (Å²) in [7, 11) is 3.36. The molecule has 160 valence electrons. The molecule has 0 bridgehead atoms. The number of hydrogen-bond donors (Lipinski definition) is 2. The summed E-state index contributed by atoms with van der Waals surface area (Å²) in [5.41, 5.74) is 1.35. The van der Waals surface area contributed by atoms with E-state index in [1.54, 1.807) is 39.2 Å². The van der Waals surface area contributed by atoms with Gasteiger partial charge in [-0.3, -0.25) is 4.79 Å². The SMILES string of the molecule is CCNC(=NCc1ccc(C)cc1OCC(F)(F)F)NCCC(=O)N(C)C.I. The fourth-order valence-electron chi connectivity index (χ4n) is 2.10. The van der Waals surface area contributed by atoms with Crippen molar-refractivity contribution >= 4 is 35.8 Å². The monoisotopic (exact) mass is 516 g/mol. The standard InChI is InChI=1S/C18H27F3N4O2.HI/c1-5-22-17(23-9-8-16(26)25(3)4)24-11-14-7-6-13(2)10-15(14)27-12-18(19,20)21;/h6-7,10H,5,8-9,11-12H2,1-4H3,(H2,22,23,24);1H. The molecule has 0 fully saturated rings. The summed E-state index contributed by atoms with van der Waals surface area (Å²) < 4.78 is 42.3. The first-order valence-corrected chi connectivity index (χ1v) is 8.63. The Labute approximate surface area is 180 Å².